The maximum Gasteiger partial charge on any atom is 0.239 e. The van der Waals surface area contributed by atoms with Gasteiger partial charge in [-0.2, -0.15) is 0 Å². The summed E-state index contributed by atoms with van der Waals surface area (Å²) in [6.45, 7) is 3.31. The van der Waals surface area contributed by atoms with E-state index in [-0.39, 0.29) is 36.7 Å². The summed E-state index contributed by atoms with van der Waals surface area (Å²) in [5, 5.41) is 2.73. The lowest BCUT2D eigenvalue weighted by Crippen LogP contribution is -2.57. The molecule has 2 atom stereocenters. The monoisotopic (exact) mass is 275 g/mol. The number of hydrogen-bond acceptors (Lipinski definition) is 3. The molecule has 1 heterocycles. The fraction of sp³-hybridized carbons (Fsp3) is 0.833. The molecule has 5 nitrogen and oxygen atoms in total. The Morgan fingerprint density at radius 2 is 2.22 bits per heavy atom. The number of carbonyl (C=O) groups excluding carboxylic acids is 2. The zero-order valence-corrected chi connectivity index (χ0v) is 11.6. The van der Waals surface area contributed by atoms with Crippen LogP contribution in [0.15, 0.2) is 0 Å². The van der Waals surface area contributed by atoms with Crippen LogP contribution in [0.3, 0.4) is 0 Å². The van der Waals surface area contributed by atoms with Gasteiger partial charge in [0.05, 0.1) is 12.5 Å². The normalized spacial score (nSPS) is 32.4. The molecule has 18 heavy (non-hydrogen) atoms. The third-order valence-corrected chi connectivity index (χ3v) is 3.90. The molecular weight excluding hydrogens is 254 g/mol. The highest BCUT2D eigenvalue weighted by Gasteiger charge is 2.40. The van der Waals surface area contributed by atoms with Gasteiger partial charge in [0, 0.05) is 18.6 Å². The number of halogens is 1. The number of nitrogens with zero attached hydrogens (tertiary/aromatic N) is 1. The van der Waals surface area contributed by atoms with Crippen molar-refractivity contribution in [1.29, 1.82) is 0 Å². The second-order valence-corrected chi connectivity index (χ2v) is 5.41. The van der Waals surface area contributed by atoms with E-state index in [1.54, 1.807) is 4.90 Å². The Balaban J connectivity index is 0.00000162. The quantitative estimate of drug-likeness (QED) is 0.722. The lowest BCUT2D eigenvalue weighted by molar-refractivity contribution is -0.144. The first kappa shape index (κ1) is 15.2. The number of piperazine rings is 1. The third kappa shape index (κ3) is 3.14. The first-order valence-corrected chi connectivity index (χ1v) is 6.35. The SMILES string of the molecule is CC1(N)CCCCC1C(=O)N1CCNC(=O)C1.Cl. The van der Waals surface area contributed by atoms with Crippen LogP contribution >= 0.6 is 12.4 Å². The number of amides is 2. The number of hydrogen-bond donors (Lipinski definition) is 2. The predicted molar refractivity (Wildman–Crippen MR) is 71.4 cm³/mol. The standard InChI is InChI=1S/C12H21N3O2.ClH/c1-12(13)5-3-2-4-9(12)11(17)15-7-6-14-10(16)8-15;/h9H,2-8,13H2,1H3,(H,14,16);1H. The number of carbonyl (C=O) groups is 2. The fourth-order valence-electron chi connectivity index (χ4n) is 2.81. The van der Waals surface area contributed by atoms with Crippen LogP contribution in [0.2, 0.25) is 0 Å². The van der Waals surface area contributed by atoms with Crippen molar-refractivity contribution in [3.63, 3.8) is 0 Å². The Bertz CT molecular complexity index is 333. The van der Waals surface area contributed by atoms with E-state index < -0.39 is 5.54 Å². The Kier molecular flexibility index (Phi) is 4.99. The van der Waals surface area contributed by atoms with Gasteiger partial charge in [-0.25, -0.2) is 0 Å². The second kappa shape index (κ2) is 5.89. The summed E-state index contributed by atoms with van der Waals surface area (Å²) in [6.07, 6.45) is 3.90. The Hall–Kier alpha value is -0.810. The van der Waals surface area contributed by atoms with Crippen LogP contribution in [0.25, 0.3) is 0 Å². The molecular formula is C12H22ClN3O2. The van der Waals surface area contributed by atoms with Gasteiger partial charge in [-0.05, 0) is 19.8 Å². The lowest BCUT2D eigenvalue weighted by atomic mass is 9.74. The van der Waals surface area contributed by atoms with Gasteiger partial charge in [0.25, 0.3) is 0 Å². The third-order valence-electron chi connectivity index (χ3n) is 3.90. The van der Waals surface area contributed by atoms with Crippen LogP contribution in [-0.2, 0) is 9.59 Å². The molecule has 104 valence electrons. The number of nitrogens with one attached hydrogen (secondary N) is 1. The summed E-state index contributed by atoms with van der Waals surface area (Å²) >= 11 is 0. The Morgan fingerprint density at radius 1 is 1.50 bits per heavy atom. The number of rotatable bonds is 1. The van der Waals surface area contributed by atoms with E-state index in [1.165, 1.54) is 0 Å². The van der Waals surface area contributed by atoms with Crippen LogP contribution < -0.4 is 11.1 Å². The molecule has 2 rings (SSSR count). The van der Waals surface area contributed by atoms with Crippen LogP contribution in [0.1, 0.15) is 32.6 Å². The smallest absolute Gasteiger partial charge is 0.239 e. The van der Waals surface area contributed by atoms with Gasteiger partial charge >= 0.3 is 0 Å². The molecule has 0 aromatic heterocycles. The molecule has 2 aliphatic rings. The average molecular weight is 276 g/mol. The summed E-state index contributed by atoms with van der Waals surface area (Å²) in [5.41, 5.74) is 5.80. The molecule has 1 aliphatic carbocycles. The molecule has 1 saturated carbocycles. The van der Waals surface area contributed by atoms with Crippen molar-refractivity contribution < 1.29 is 9.59 Å². The molecule has 1 saturated heterocycles. The van der Waals surface area contributed by atoms with E-state index in [9.17, 15) is 9.59 Å². The van der Waals surface area contributed by atoms with Gasteiger partial charge in [0.2, 0.25) is 11.8 Å². The maximum atomic E-state index is 12.4. The van der Waals surface area contributed by atoms with Gasteiger partial charge in [-0.1, -0.05) is 12.8 Å². The summed E-state index contributed by atoms with van der Waals surface area (Å²) in [6, 6.07) is 0. The minimum Gasteiger partial charge on any atom is -0.353 e. The topological polar surface area (TPSA) is 75.4 Å². The van der Waals surface area contributed by atoms with Crippen molar-refractivity contribution in [3.05, 3.63) is 0 Å². The number of nitrogens with two attached hydrogens (primary N) is 1. The Morgan fingerprint density at radius 3 is 2.83 bits per heavy atom. The molecule has 2 unspecified atom stereocenters. The van der Waals surface area contributed by atoms with Gasteiger partial charge in [0.15, 0.2) is 0 Å². The lowest BCUT2D eigenvalue weighted by Gasteiger charge is -2.40. The molecule has 0 bridgehead atoms. The van der Waals surface area contributed by atoms with Crippen molar-refractivity contribution in [2.24, 2.45) is 11.7 Å². The molecule has 0 aromatic carbocycles. The molecule has 0 aromatic rings. The van der Waals surface area contributed by atoms with Gasteiger partial charge < -0.3 is 16.0 Å². The first-order chi connectivity index (χ1) is 8.00. The maximum absolute atomic E-state index is 12.4. The zero-order valence-electron chi connectivity index (χ0n) is 10.8. The molecule has 0 radical (unpaired) electrons. The van der Waals surface area contributed by atoms with Crippen molar-refractivity contribution >= 4 is 24.2 Å². The highest BCUT2D eigenvalue weighted by Crippen LogP contribution is 2.32. The van der Waals surface area contributed by atoms with Gasteiger partial charge in [-0.3, -0.25) is 9.59 Å². The van der Waals surface area contributed by atoms with E-state index >= 15 is 0 Å². The van der Waals surface area contributed by atoms with E-state index in [2.05, 4.69) is 5.32 Å². The second-order valence-electron chi connectivity index (χ2n) is 5.41. The minimum atomic E-state index is -0.413. The summed E-state index contributed by atoms with van der Waals surface area (Å²) in [4.78, 5) is 25.3. The molecule has 1 aliphatic heterocycles. The summed E-state index contributed by atoms with van der Waals surface area (Å²) < 4.78 is 0. The first-order valence-electron chi connectivity index (χ1n) is 6.35. The summed E-state index contributed by atoms with van der Waals surface area (Å²) in [5.74, 6) is -0.133. The van der Waals surface area contributed by atoms with Crippen molar-refractivity contribution in [1.82, 2.24) is 10.2 Å². The van der Waals surface area contributed by atoms with Crippen LogP contribution in [0.5, 0.6) is 0 Å². The van der Waals surface area contributed by atoms with Crippen molar-refractivity contribution in [2.45, 2.75) is 38.1 Å². The molecule has 0 spiro atoms. The Labute approximate surface area is 114 Å². The van der Waals surface area contributed by atoms with Crippen LogP contribution in [-0.4, -0.2) is 41.9 Å². The average Bonchev–Trinajstić information content (AvgIpc) is 2.27. The van der Waals surface area contributed by atoms with Crippen molar-refractivity contribution in [3.8, 4) is 0 Å². The predicted octanol–water partition coefficient (Wildman–Crippen LogP) is 0.274. The molecule has 3 N–H and O–H groups in total. The van der Waals surface area contributed by atoms with Crippen LogP contribution in [0, 0.1) is 5.92 Å². The van der Waals surface area contributed by atoms with E-state index in [0.29, 0.717) is 13.1 Å². The van der Waals surface area contributed by atoms with Crippen molar-refractivity contribution in [2.75, 3.05) is 19.6 Å². The molecule has 2 fully saturated rings. The summed E-state index contributed by atoms with van der Waals surface area (Å²) in [7, 11) is 0. The van der Waals surface area contributed by atoms with Crippen LogP contribution in [0.4, 0.5) is 0 Å². The van der Waals surface area contributed by atoms with Gasteiger partial charge in [0.1, 0.15) is 0 Å². The van der Waals surface area contributed by atoms with E-state index in [0.717, 1.165) is 25.7 Å². The zero-order chi connectivity index (χ0) is 12.5. The minimum absolute atomic E-state index is 0. The van der Waals surface area contributed by atoms with E-state index in [1.807, 2.05) is 6.92 Å². The molecule has 2 amide bonds. The van der Waals surface area contributed by atoms with E-state index in [4.69, 9.17) is 5.73 Å². The highest BCUT2D eigenvalue weighted by molar-refractivity contribution is 5.87. The fourth-order valence-corrected chi connectivity index (χ4v) is 2.81. The molecule has 6 heteroatoms. The van der Waals surface area contributed by atoms with Gasteiger partial charge in [-0.15, -0.1) is 12.4 Å². The largest absolute Gasteiger partial charge is 0.353 e. The highest BCUT2D eigenvalue weighted by atomic mass is 35.5.